The molecule has 0 spiro atoms. The van der Waals surface area contributed by atoms with Gasteiger partial charge >= 0.3 is 0 Å². The number of carbonyl (C=O) groups excluding carboxylic acids is 1. The lowest BCUT2D eigenvalue weighted by Crippen LogP contribution is -2.32. The molecule has 0 heterocycles. The minimum atomic E-state index is -0.268. The van der Waals surface area contributed by atoms with Crippen molar-refractivity contribution in [1.82, 2.24) is 5.32 Å². The molecule has 0 aliphatic rings. The van der Waals surface area contributed by atoms with E-state index in [4.69, 9.17) is 5.73 Å². The molecule has 3 N–H and O–H groups in total. The van der Waals surface area contributed by atoms with Crippen LogP contribution in [0.3, 0.4) is 0 Å². The van der Waals surface area contributed by atoms with Crippen molar-refractivity contribution in [2.24, 2.45) is 5.73 Å². The van der Waals surface area contributed by atoms with Gasteiger partial charge in [0.25, 0.3) is 0 Å². The SMILES string of the molecule is CC(CC(N)=O)NC(C)c1ccc(C(C)(C)C)cc1. The van der Waals surface area contributed by atoms with E-state index in [1.54, 1.807) is 0 Å². The van der Waals surface area contributed by atoms with Crippen molar-refractivity contribution >= 4 is 5.91 Å². The summed E-state index contributed by atoms with van der Waals surface area (Å²) < 4.78 is 0. The van der Waals surface area contributed by atoms with E-state index in [0.717, 1.165) is 0 Å². The van der Waals surface area contributed by atoms with E-state index in [1.807, 2.05) is 6.92 Å². The number of hydrogen-bond acceptors (Lipinski definition) is 2. The van der Waals surface area contributed by atoms with Crippen molar-refractivity contribution in [3.05, 3.63) is 35.4 Å². The second-order valence-corrected chi connectivity index (χ2v) is 6.33. The van der Waals surface area contributed by atoms with Crippen LogP contribution < -0.4 is 11.1 Å². The van der Waals surface area contributed by atoms with Crippen LogP contribution >= 0.6 is 0 Å². The highest BCUT2D eigenvalue weighted by Gasteiger charge is 2.15. The Morgan fingerprint density at radius 3 is 2.16 bits per heavy atom. The lowest BCUT2D eigenvalue weighted by atomic mass is 9.86. The Bertz CT molecular complexity index is 417. The van der Waals surface area contributed by atoms with Gasteiger partial charge in [0.15, 0.2) is 0 Å². The van der Waals surface area contributed by atoms with Gasteiger partial charge in [-0.15, -0.1) is 0 Å². The van der Waals surface area contributed by atoms with Gasteiger partial charge in [0.2, 0.25) is 5.91 Å². The van der Waals surface area contributed by atoms with Gasteiger partial charge in [-0.1, -0.05) is 45.0 Å². The van der Waals surface area contributed by atoms with Gasteiger partial charge in [-0.3, -0.25) is 4.79 Å². The van der Waals surface area contributed by atoms with Gasteiger partial charge in [0.05, 0.1) is 0 Å². The van der Waals surface area contributed by atoms with Crippen molar-refractivity contribution in [2.75, 3.05) is 0 Å². The van der Waals surface area contributed by atoms with Gasteiger partial charge in [-0.2, -0.15) is 0 Å². The van der Waals surface area contributed by atoms with Crippen LogP contribution in [0.1, 0.15) is 58.2 Å². The van der Waals surface area contributed by atoms with Crippen LogP contribution in [0.2, 0.25) is 0 Å². The summed E-state index contributed by atoms with van der Waals surface area (Å²) in [5.74, 6) is -0.268. The Morgan fingerprint density at radius 1 is 1.21 bits per heavy atom. The van der Waals surface area contributed by atoms with Crippen molar-refractivity contribution < 1.29 is 4.79 Å². The second kappa shape index (κ2) is 6.20. The Balaban J connectivity index is 2.68. The van der Waals surface area contributed by atoms with E-state index in [9.17, 15) is 4.79 Å². The summed E-state index contributed by atoms with van der Waals surface area (Å²) in [6, 6.07) is 8.95. The molecule has 1 aromatic rings. The molecule has 0 saturated heterocycles. The maximum Gasteiger partial charge on any atom is 0.218 e. The molecule has 3 heteroatoms. The molecule has 1 amide bonds. The first-order chi connectivity index (χ1) is 8.70. The van der Waals surface area contributed by atoms with E-state index in [1.165, 1.54) is 11.1 Å². The molecular formula is C16H26N2O. The van der Waals surface area contributed by atoms with Crippen molar-refractivity contribution in [1.29, 1.82) is 0 Å². The van der Waals surface area contributed by atoms with E-state index in [2.05, 4.69) is 57.3 Å². The molecule has 0 aliphatic carbocycles. The standard InChI is InChI=1S/C16H26N2O/c1-11(10-15(17)19)18-12(2)13-6-8-14(9-7-13)16(3,4)5/h6-9,11-12,18H,10H2,1-5H3,(H2,17,19). The monoisotopic (exact) mass is 262 g/mol. The smallest absolute Gasteiger partial charge is 0.218 e. The van der Waals surface area contributed by atoms with Gasteiger partial charge in [-0.25, -0.2) is 0 Å². The Morgan fingerprint density at radius 2 is 1.74 bits per heavy atom. The molecule has 2 unspecified atom stereocenters. The Kier molecular flexibility index (Phi) is 5.12. The maximum atomic E-state index is 10.9. The molecule has 0 saturated carbocycles. The molecule has 2 atom stereocenters. The largest absolute Gasteiger partial charge is 0.370 e. The summed E-state index contributed by atoms with van der Waals surface area (Å²) in [7, 11) is 0. The topological polar surface area (TPSA) is 55.1 Å². The molecule has 0 aliphatic heterocycles. The average Bonchev–Trinajstić information content (AvgIpc) is 2.26. The van der Waals surface area contributed by atoms with E-state index in [0.29, 0.717) is 6.42 Å². The van der Waals surface area contributed by atoms with Crippen LogP contribution in [-0.2, 0) is 10.2 Å². The number of rotatable bonds is 5. The maximum absolute atomic E-state index is 10.9. The number of carbonyl (C=O) groups is 1. The molecule has 0 bridgehead atoms. The summed E-state index contributed by atoms with van der Waals surface area (Å²) in [5.41, 5.74) is 7.93. The fraction of sp³-hybridized carbons (Fsp3) is 0.562. The fourth-order valence-electron chi connectivity index (χ4n) is 2.16. The lowest BCUT2D eigenvalue weighted by molar-refractivity contribution is -0.118. The minimum absolute atomic E-state index is 0.0924. The highest BCUT2D eigenvalue weighted by atomic mass is 16.1. The Labute approximate surface area is 116 Å². The third-order valence-corrected chi connectivity index (χ3v) is 3.32. The lowest BCUT2D eigenvalue weighted by Gasteiger charge is -2.22. The van der Waals surface area contributed by atoms with E-state index < -0.39 is 0 Å². The van der Waals surface area contributed by atoms with Crippen LogP contribution in [0.15, 0.2) is 24.3 Å². The summed E-state index contributed by atoms with van der Waals surface area (Å²) in [4.78, 5) is 10.9. The predicted octanol–water partition coefficient (Wildman–Crippen LogP) is 2.90. The summed E-state index contributed by atoms with van der Waals surface area (Å²) in [5, 5.41) is 3.38. The average molecular weight is 262 g/mol. The first-order valence-corrected chi connectivity index (χ1v) is 6.85. The Hall–Kier alpha value is -1.35. The highest BCUT2D eigenvalue weighted by molar-refractivity contribution is 5.74. The molecule has 0 radical (unpaired) electrons. The molecule has 106 valence electrons. The number of hydrogen-bond donors (Lipinski definition) is 2. The molecule has 0 aromatic heterocycles. The highest BCUT2D eigenvalue weighted by Crippen LogP contribution is 2.24. The third kappa shape index (κ3) is 5.03. The van der Waals surface area contributed by atoms with Gasteiger partial charge in [-0.05, 0) is 30.4 Å². The van der Waals surface area contributed by atoms with Gasteiger partial charge in [0, 0.05) is 18.5 Å². The minimum Gasteiger partial charge on any atom is -0.370 e. The van der Waals surface area contributed by atoms with Crippen LogP contribution in [0, 0.1) is 0 Å². The van der Waals surface area contributed by atoms with Crippen molar-refractivity contribution in [3.8, 4) is 0 Å². The zero-order chi connectivity index (χ0) is 14.6. The van der Waals surface area contributed by atoms with Crippen LogP contribution in [-0.4, -0.2) is 11.9 Å². The van der Waals surface area contributed by atoms with Crippen LogP contribution in [0.5, 0.6) is 0 Å². The third-order valence-electron chi connectivity index (χ3n) is 3.32. The van der Waals surface area contributed by atoms with Crippen LogP contribution in [0.4, 0.5) is 0 Å². The van der Waals surface area contributed by atoms with Crippen molar-refractivity contribution in [3.63, 3.8) is 0 Å². The second-order valence-electron chi connectivity index (χ2n) is 6.33. The molecule has 1 aromatic carbocycles. The molecule has 0 fully saturated rings. The van der Waals surface area contributed by atoms with Crippen LogP contribution in [0.25, 0.3) is 0 Å². The normalized spacial score (nSPS) is 15.0. The first-order valence-electron chi connectivity index (χ1n) is 6.85. The first kappa shape index (κ1) is 15.7. The predicted molar refractivity (Wildman–Crippen MR) is 80.0 cm³/mol. The molecule has 3 nitrogen and oxygen atoms in total. The number of benzene rings is 1. The number of amides is 1. The quantitative estimate of drug-likeness (QED) is 0.857. The number of nitrogens with one attached hydrogen (secondary N) is 1. The summed E-state index contributed by atoms with van der Waals surface area (Å²) >= 11 is 0. The molecule has 1 rings (SSSR count). The van der Waals surface area contributed by atoms with E-state index >= 15 is 0 Å². The van der Waals surface area contributed by atoms with E-state index in [-0.39, 0.29) is 23.4 Å². The summed E-state index contributed by atoms with van der Waals surface area (Å²) in [6.07, 6.45) is 0.365. The molecule has 19 heavy (non-hydrogen) atoms. The zero-order valence-corrected chi connectivity index (χ0v) is 12.7. The zero-order valence-electron chi connectivity index (χ0n) is 12.7. The van der Waals surface area contributed by atoms with Crippen molar-refractivity contribution in [2.45, 2.75) is 58.5 Å². The van der Waals surface area contributed by atoms with Gasteiger partial charge in [0.1, 0.15) is 0 Å². The number of nitrogens with two attached hydrogens (primary N) is 1. The number of primary amides is 1. The molecular weight excluding hydrogens is 236 g/mol. The summed E-state index contributed by atoms with van der Waals surface area (Å²) in [6.45, 7) is 10.7. The van der Waals surface area contributed by atoms with Gasteiger partial charge < -0.3 is 11.1 Å². The fourth-order valence-corrected chi connectivity index (χ4v) is 2.16.